The van der Waals surface area contributed by atoms with E-state index >= 15 is 0 Å². The van der Waals surface area contributed by atoms with Crippen molar-refractivity contribution in [3.63, 3.8) is 0 Å². The molecular weight excluding hydrogens is 302 g/mol. The predicted molar refractivity (Wildman–Crippen MR) is 80.9 cm³/mol. The van der Waals surface area contributed by atoms with E-state index in [1.54, 1.807) is 0 Å². The third-order valence-corrected chi connectivity index (χ3v) is 3.48. The molecule has 3 heteroatoms. The van der Waals surface area contributed by atoms with Crippen LogP contribution in [0.15, 0.2) is 53.0 Å². The number of nitrogens with one attached hydrogen (secondary N) is 1. The van der Waals surface area contributed by atoms with E-state index in [1.165, 1.54) is 0 Å². The zero-order chi connectivity index (χ0) is 13.7. The van der Waals surface area contributed by atoms with E-state index < -0.39 is 0 Å². The number of carbonyl (C=O) groups is 1. The van der Waals surface area contributed by atoms with Crippen molar-refractivity contribution in [2.24, 2.45) is 0 Å². The van der Waals surface area contributed by atoms with Crippen LogP contribution in [0.5, 0.6) is 0 Å². The first-order valence-corrected chi connectivity index (χ1v) is 7.00. The summed E-state index contributed by atoms with van der Waals surface area (Å²) in [4.78, 5) is 11.9. The largest absolute Gasteiger partial charge is 0.352 e. The SMILES string of the molecule is Cc1ccccc1CC(=O)NCc1cccc(Br)c1. The molecule has 0 radical (unpaired) electrons. The Balaban J connectivity index is 1.90. The second kappa shape index (κ2) is 6.53. The molecule has 2 nitrogen and oxygen atoms in total. The fourth-order valence-corrected chi connectivity index (χ4v) is 2.34. The summed E-state index contributed by atoms with van der Waals surface area (Å²) < 4.78 is 1.03. The van der Waals surface area contributed by atoms with E-state index in [2.05, 4.69) is 21.2 Å². The van der Waals surface area contributed by atoms with Crippen LogP contribution >= 0.6 is 15.9 Å². The molecule has 0 heterocycles. The van der Waals surface area contributed by atoms with Gasteiger partial charge in [0.2, 0.25) is 5.91 Å². The molecule has 0 aliphatic heterocycles. The van der Waals surface area contributed by atoms with Crippen LogP contribution in [0.25, 0.3) is 0 Å². The molecule has 0 atom stereocenters. The lowest BCUT2D eigenvalue weighted by molar-refractivity contribution is -0.120. The van der Waals surface area contributed by atoms with Crippen LogP contribution in [0.1, 0.15) is 16.7 Å². The molecule has 2 rings (SSSR count). The highest BCUT2D eigenvalue weighted by molar-refractivity contribution is 9.10. The third-order valence-electron chi connectivity index (χ3n) is 2.99. The van der Waals surface area contributed by atoms with Gasteiger partial charge >= 0.3 is 0 Å². The molecule has 0 spiro atoms. The van der Waals surface area contributed by atoms with Crippen LogP contribution in [0.4, 0.5) is 0 Å². The summed E-state index contributed by atoms with van der Waals surface area (Å²) in [6.07, 6.45) is 0.431. The molecule has 2 aromatic carbocycles. The molecule has 2 aromatic rings. The summed E-state index contributed by atoms with van der Waals surface area (Å²) in [7, 11) is 0. The van der Waals surface area contributed by atoms with Crippen molar-refractivity contribution in [2.75, 3.05) is 0 Å². The van der Waals surface area contributed by atoms with Crippen LogP contribution in [0.2, 0.25) is 0 Å². The van der Waals surface area contributed by atoms with Crippen LogP contribution in [0.3, 0.4) is 0 Å². The number of hydrogen-bond acceptors (Lipinski definition) is 1. The normalized spacial score (nSPS) is 10.2. The Hall–Kier alpha value is -1.61. The molecule has 1 amide bonds. The van der Waals surface area contributed by atoms with Crippen molar-refractivity contribution in [3.05, 3.63) is 69.7 Å². The van der Waals surface area contributed by atoms with Gasteiger partial charge in [0.1, 0.15) is 0 Å². The number of hydrogen-bond donors (Lipinski definition) is 1. The third kappa shape index (κ3) is 4.21. The summed E-state index contributed by atoms with van der Waals surface area (Å²) in [5, 5.41) is 2.94. The molecule has 0 saturated carbocycles. The quantitative estimate of drug-likeness (QED) is 0.917. The second-order valence-electron chi connectivity index (χ2n) is 4.51. The first-order valence-electron chi connectivity index (χ1n) is 6.21. The van der Waals surface area contributed by atoms with Gasteiger partial charge in [-0.15, -0.1) is 0 Å². The van der Waals surface area contributed by atoms with Crippen LogP contribution < -0.4 is 5.32 Å². The first kappa shape index (κ1) is 13.8. The molecule has 0 fully saturated rings. The van der Waals surface area contributed by atoms with Gasteiger partial charge in [-0.25, -0.2) is 0 Å². The fourth-order valence-electron chi connectivity index (χ4n) is 1.89. The number of rotatable bonds is 4. The Bertz CT molecular complexity index is 580. The van der Waals surface area contributed by atoms with E-state index in [0.29, 0.717) is 13.0 Å². The molecule has 0 bridgehead atoms. The molecule has 19 heavy (non-hydrogen) atoms. The smallest absolute Gasteiger partial charge is 0.224 e. The molecule has 0 aliphatic rings. The summed E-state index contributed by atoms with van der Waals surface area (Å²) in [6.45, 7) is 2.58. The van der Waals surface area contributed by atoms with Gasteiger partial charge in [0.05, 0.1) is 6.42 Å². The van der Waals surface area contributed by atoms with Crippen molar-refractivity contribution in [2.45, 2.75) is 19.9 Å². The lowest BCUT2D eigenvalue weighted by Crippen LogP contribution is -2.24. The van der Waals surface area contributed by atoms with Crippen LogP contribution in [-0.2, 0) is 17.8 Å². The molecular formula is C16H16BrNO. The maximum Gasteiger partial charge on any atom is 0.224 e. The summed E-state index contributed by atoms with van der Waals surface area (Å²) >= 11 is 3.42. The van der Waals surface area contributed by atoms with Gasteiger partial charge in [-0.05, 0) is 35.7 Å². The van der Waals surface area contributed by atoms with Crippen molar-refractivity contribution in [1.29, 1.82) is 0 Å². The number of carbonyl (C=O) groups excluding carboxylic acids is 1. The lowest BCUT2D eigenvalue weighted by atomic mass is 10.1. The predicted octanol–water partition coefficient (Wildman–Crippen LogP) is 3.62. The van der Waals surface area contributed by atoms with E-state index in [0.717, 1.165) is 21.2 Å². The monoisotopic (exact) mass is 317 g/mol. The number of amides is 1. The average Bonchev–Trinajstić information content (AvgIpc) is 2.39. The lowest BCUT2D eigenvalue weighted by Gasteiger charge is -2.07. The molecule has 0 aromatic heterocycles. The Morgan fingerprint density at radius 2 is 1.95 bits per heavy atom. The number of benzene rings is 2. The molecule has 98 valence electrons. The molecule has 0 saturated heterocycles. The van der Waals surface area contributed by atoms with Gasteiger partial charge in [-0.2, -0.15) is 0 Å². The van der Waals surface area contributed by atoms with Gasteiger partial charge in [-0.1, -0.05) is 52.3 Å². The van der Waals surface area contributed by atoms with Crippen LogP contribution in [0, 0.1) is 6.92 Å². The molecule has 1 N–H and O–H groups in total. The molecule has 0 unspecified atom stereocenters. The van der Waals surface area contributed by atoms with Crippen molar-refractivity contribution < 1.29 is 4.79 Å². The zero-order valence-corrected chi connectivity index (χ0v) is 12.4. The minimum Gasteiger partial charge on any atom is -0.352 e. The van der Waals surface area contributed by atoms with E-state index in [4.69, 9.17) is 0 Å². The Kier molecular flexibility index (Phi) is 4.74. The van der Waals surface area contributed by atoms with Gasteiger partial charge in [-0.3, -0.25) is 4.79 Å². The minimum atomic E-state index is 0.0503. The van der Waals surface area contributed by atoms with Gasteiger partial charge in [0, 0.05) is 11.0 Å². The van der Waals surface area contributed by atoms with Gasteiger partial charge in [0.25, 0.3) is 0 Å². The van der Waals surface area contributed by atoms with Crippen molar-refractivity contribution in [1.82, 2.24) is 5.32 Å². The summed E-state index contributed by atoms with van der Waals surface area (Å²) in [5.41, 5.74) is 3.32. The fraction of sp³-hybridized carbons (Fsp3) is 0.188. The van der Waals surface area contributed by atoms with Crippen molar-refractivity contribution in [3.8, 4) is 0 Å². The number of halogens is 1. The zero-order valence-electron chi connectivity index (χ0n) is 10.8. The van der Waals surface area contributed by atoms with Gasteiger partial charge < -0.3 is 5.32 Å². The maximum absolute atomic E-state index is 11.9. The maximum atomic E-state index is 11.9. The Labute approximate surface area is 122 Å². The van der Waals surface area contributed by atoms with Crippen LogP contribution in [-0.4, -0.2) is 5.91 Å². The summed E-state index contributed by atoms with van der Waals surface area (Å²) in [5.74, 6) is 0.0503. The first-order chi connectivity index (χ1) is 9.15. The highest BCUT2D eigenvalue weighted by Crippen LogP contribution is 2.11. The highest BCUT2D eigenvalue weighted by atomic mass is 79.9. The standard InChI is InChI=1S/C16H16BrNO/c1-12-5-2-3-7-14(12)10-16(19)18-11-13-6-4-8-15(17)9-13/h2-9H,10-11H2,1H3,(H,18,19). The highest BCUT2D eigenvalue weighted by Gasteiger charge is 2.05. The Morgan fingerprint density at radius 1 is 1.16 bits per heavy atom. The van der Waals surface area contributed by atoms with E-state index in [9.17, 15) is 4.79 Å². The number of aryl methyl sites for hydroxylation is 1. The van der Waals surface area contributed by atoms with Crippen molar-refractivity contribution >= 4 is 21.8 Å². The topological polar surface area (TPSA) is 29.1 Å². The molecule has 0 aliphatic carbocycles. The van der Waals surface area contributed by atoms with E-state index in [-0.39, 0.29) is 5.91 Å². The second-order valence-corrected chi connectivity index (χ2v) is 5.43. The van der Waals surface area contributed by atoms with Gasteiger partial charge in [0.15, 0.2) is 0 Å². The minimum absolute atomic E-state index is 0.0503. The average molecular weight is 318 g/mol. The summed E-state index contributed by atoms with van der Waals surface area (Å²) in [6, 6.07) is 15.9. The van der Waals surface area contributed by atoms with E-state index in [1.807, 2.05) is 55.5 Å². The Morgan fingerprint density at radius 3 is 2.68 bits per heavy atom.